The monoisotopic (exact) mass is 537 g/mol. The van der Waals surface area contributed by atoms with Crippen molar-refractivity contribution in [3.8, 4) is 22.9 Å². The van der Waals surface area contributed by atoms with Crippen molar-refractivity contribution in [3.05, 3.63) is 95.8 Å². The smallest absolute Gasteiger partial charge is 0.228 e. The predicted octanol–water partition coefficient (Wildman–Crippen LogP) is 3.86. The summed E-state index contributed by atoms with van der Waals surface area (Å²) in [6.07, 6.45) is 4.00. The van der Waals surface area contributed by atoms with Crippen molar-refractivity contribution in [2.45, 2.75) is 18.5 Å². The second-order valence-corrected chi connectivity index (χ2v) is 9.24. The van der Waals surface area contributed by atoms with Gasteiger partial charge < -0.3 is 19.9 Å². The van der Waals surface area contributed by atoms with Crippen LogP contribution in [-0.2, 0) is 11.3 Å². The number of anilines is 1. The van der Waals surface area contributed by atoms with Crippen LogP contribution < -0.4 is 20.1 Å². The molecular formula is C26H23F2N6O3S-. The van der Waals surface area contributed by atoms with E-state index in [0.29, 0.717) is 22.8 Å². The summed E-state index contributed by atoms with van der Waals surface area (Å²) in [5.74, 6) is -2.49. The summed E-state index contributed by atoms with van der Waals surface area (Å²) in [7, 11) is 0. The van der Waals surface area contributed by atoms with E-state index in [4.69, 9.17) is 4.74 Å². The second kappa shape index (κ2) is 11.7. The molecule has 0 radical (unpaired) electrons. The molecule has 1 aliphatic rings. The Balaban J connectivity index is 1.44. The molecule has 12 heteroatoms. The van der Waals surface area contributed by atoms with Gasteiger partial charge in [-0.05, 0) is 42.8 Å². The van der Waals surface area contributed by atoms with Gasteiger partial charge in [0.15, 0.2) is 11.6 Å². The molecule has 0 aliphatic carbocycles. The molecule has 1 aliphatic heterocycles. The highest BCUT2D eigenvalue weighted by atomic mass is 32.2. The van der Waals surface area contributed by atoms with Crippen LogP contribution in [0.2, 0.25) is 0 Å². The summed E-state index contributed by atoms with van der Waals surface area (Å²) >= 11 is -2.73. The molecule has 1 fully saturated rings. The lowest BCUT2D eigenvalue weighted by molar-refractivity contribution is 0.402. The Kier molecular flexibility index (Phi) is 7.94. The topological polar surface area (TPSA) is 124 Å². The average molecular weight is 538 g/mol. The first-order valence-corrected chi connectivity index (χ1v) is 12.9. The van der Waals surface area contributed by atoms with E-state index in [-0.39, 0.29) is 17.5 Å². The molecule has 0 amide bonds. The normalized spacial score (nSPS) is 16.7. The van der Waals surface area contributed by atoms with E-state index in [1.165, 1.54) is 18.3 Å². The first-order valence-electron chi connectivity index (χ1n) is 11.8. The van der Waals surface area contributed by atoms with Crippen molar-refractivity contribution >= 4 is 17.2 Å². The van der Waals surface area contributed by atoms with E-state index in [2.05, 4.69) is 30.3 Å². The number of nitrogens with one attached hydrogen (secondary N) is 3. The number of rotatable bonds is 9. The fraction of sp³-hybridized carbons (Fsp3) is 0.192. The molecule has 38 heavy (non-hydrogen) atoms. The molecule has 3 heterocycles. The number of pyridine rings is 1. The number of halogens is 2. The summed E-state index contributed by atoms with van der Waals surface area (Å²) in [5.41, 5.74) is 1.19. The Morgan fingerprint density at radius 1 is 1.03 bits per heavy atom. The maximum atomic E-state index is 15.3. The Morgan fingerprint density at radius 3 is 2.63 bits per heavy atom. The van der Waals surface area contributed by atoms with Gasteiger partial charge >= 0.3 is 0 Å². The lowest BCUT2D eigenvalue weighted by atomic mass is 9.99. The SMILES string of the molecule is O=S([O-])N[C@@H](c1ccccc1)c1ccc(Oc2ncccc2-c2ccnc(N[C@H]3CCNC3)n2)c(F)c1F. The highest BCUT2D eigenvalue weighted by Crippen LogP contribution is 2.35. The van der Waals surface area contributed by atoms with Gasteiger partial charge in [0, 0.05) is 41.8 Å². The van der Waals surface area contributed by atoms with Gasteiger partial charge in [0.2, 0.25) is 17.6 Å². The van der Waals surface area contributed by atoms with Crippen LogP contribution in [0.25, 0.3) is 11.3 Å². The molecule has 9 nitrogen and oxygen atoms in total. The number of benzene rings is 2. The van der Waals surface area contributed by atoms with Crippen molar-refractivity contribution in [3.63, 3.8) is 0 Å². The van der Waals surface area contributed by atoms with Crippen LogP contribution >= 0.6 is 0 Å². The zero-order valence-electron chi connectivity index (χ0n) is 19.9. The zero-order valence-corrected chi connectivity index (χ0v) is 20.8. The van der Waals surface area contributed by atoms with Crippen molar-refractivity contribution < 1.29 is 22.3 Å². The minimum atomic E-state index is -2.73. The maximum Gasteiger partial charge on any atom is 0.228 e. The van der Waals surface area contributed by atoms with E-state index < -0.39 is 34.7 Å². The van der Waals surface area contributed by atoms with Gasteiger partial charge in [-0.2, -0.15) is 4.39 Å². The fourth-order valence-corrected chi connectivity index (χ4v) is 4.67. The van der Waals surface area contributed by atoms with Gasteiger partial charge in [0.1, 0.15) is 0 Å². The zero-order chi connectivity index (χ0) is 26.5. The first-order chi connectivity index (χ1) is 18.5. The van der Waals surface area contributed by atoms with Gasteiger partial charge in [-0.1, -0.05) is 36.4 Å². The van der Waals surface area contributed by atoms with Crippen molar-refractivity contribution in [2.24, 2.45) is 0 Å². The van der Waals surface area contributed by atoms with Crippen LogP contribution in [0.5, 0.6) is 11.6 Å². The second-order valence-electron chi connectivity index (χ2n) is 8.53. The largest absolute Gasteiger partial charge is 0.760 e. The first kappa shape index (κ1) is 25.8. The van der Waals surface area contributed by atoms with Crippen LogP contribution in [0.15, 0.2) is 73.1 Å². The fourth-order valence-electron chi connectivity index (χ4n) is 4.21. The van der Waals surface area contributed by atoms with Crippen LogP contribution in [-0.4, -0.2) is 42.8 Å². The van der Waals surface area contributed by atoms with Crippen LogP contribution in [0.1, 0.15) is 23.6 Å². The van der Waals surface area contributed by atoms with Gasteiger partial charge in [-0.25, -0.2) is 24.1 Å². The number of aromatic nitrogens is 3. The standard InChI is InChI=1S/C26H24F2N6O3S/c27-22-19(24(34-38(35)36)16-5-2-1-3-6-16)8-9-21(23(22)28)37-25-18(7-4-12-30-25)20-11-14-31-26(33-20)32-17-10-13-29-15-17/h1-9,11-12,14,17,24,29,34H,10,13,15H2,(H,35,36)(H,31,32,33)/p-1/t17-,24-/m0/s1. The van der Waals surface area contributed by atoms with Crippen LogP contribution in [0.4, 0.5) is 14.7 Å². The van der Waals surface area contributed by atoms with E-state index in [0.717, 1.165) is 19.5 Å². The lowest BCUT2D eigenvalue weighted by Crippen LogP contribution is -2.25. The molecule has 0 spiro atoms. The Hall–Kier alpha value is -3.84. The molecule has 0 saturated carbocycles. The average Bonchev–Trinajstić information content (AvgIpc) is 3.44. The molecule has 1 unspecified atom stereocenters. The van der Waals surface area contributed by atoms with E-state index in [1.807, 2.05) is 0 Å². The Labute approximate surface area is 220 Å². The van der Waals surface area contributed by atoms with Crippen molar-refractivity contribution in [1.82, 2.24) is 25.0 Å². The van der Waals surface area contributed by atoms with Gasteiger partial charge in [0.05, 0.1) is 17.3 Å². The highest BCUT2D eigenvalue weighted by Gasteiger charge is 2.24. The van der Waals surface area contributed by atoms with E-state index in [9.17, 15) is 8.76 Å². The third-order valence-electron chi connectivity index (χ3n) is 6.04. The minimum absolute atomic E-state index is 0.0177. The van der Waals surface area contributed by atoms with Crippen LogP contribution in [0, 0.1) is 11.6 Å². The maximum absolute atomic E-state index is 15.3. The summed E-state index contributed by atoms with van der Waals surface area (Å²) in [6, 6.07) is 14.9. The van der Waals surface area contributed by atoms with Crippen LogP contribution in [0.3, 0.4) is 0 Å². The van der Waals surface area contributed by atoms with E-state index in [1.54, 1.807) is 54.7 Å². The molecule has 0 bridgehead atoms. The van der Waals surface area contributed by atoms with Gasteiger partial charge in [-0.15, -0.1) is 0 Å². The number of hydrogen-bond donors (Lipinski definition) is 3. The van der Waals surface area contributed by atoms with Gasteiger partial charge in [0.25, 0.3) is 0 Å². The molecule has 3 N–H and O–H groups in total. The van der Waals surface area contributed by atoms with Crippen molar-refractivity contribution in [1.29, 1.82) is 0 Å². The lowest BCUT2D eigenvalue weighted by Gasteiger charge is -2.22. The molecule has 2 aromatic carbocycles. The summed E-state index contributed by atoms with van der Waals surface area (Å²) in [6.45, 7) is 1.72. The molecule has 196 valence electrons. The molecule has 1 saturated heterocycles. The Morgan fingerprint density at radius 2 is 1.87 bits per heavy atom. The molecule has 3 atom stereocenters. The molecule has 5 rings (SSSR count). The molecular weight excluding hydrogens is 514 g/mol. The third kappa shape index (κ3) is 5.83. The quantitative estimate of drug-likeness (QED) is 0.275. The Bertz CT molecular complexity index is 1440. The number of ether oxygens (including phenoxy) is 1. The molecule has 2 aromatic heterocycles. The number of nitrogens with zero attached hydrogens (tertiary/aromatic N) is 3. The van der Waals surface area contributed by atoms with E-state index >= 15 is 8.78 Å². The minimum Gasteiger partial charge on any atom is -0.760 e. The predicted molar refractivity (Wildman–Crippen MR) is 137 cm³/mol. The van der Waals surface area contributed by atoms with Crippen molar-refractivity contribution in [2.75, 3.05) is 18.4 Å². The summed E-state index contributed by atoms with van der Waals surface area (Å²) < 4.78 is 61.2. The molecule has 4 aromatic rings. The summed E-state index contributed by atoms with van der Waals surface area (Å²) in [5, 5.41) is 6.54. The third-order valence-corrected chi connectivity index (χ3v) is 6.47. The van der Waals surface area contributed by atoms with Gasteiger partial charge in [-0.3, -0.25) is 4.21 Å². The highest BCUT2D eigenvalue weighted by molar-refractivity contribution is 7.77. The number of hydrogen-bond acceptors (Lipinski definition) is 8. The summed E-state index contributed by atoms with van der Waals surface area (Å²) in [4.78, 5) is 13.0.